The Morgan fingerprint density at radius 1 is 1.28 bits per heavy atom. The van der Waals surface area contributed by atoms with Gasteiger partial charge < -0.3 is 9.64 Å². The zero-order chi connectivity index (χ0) is 18.8. The third kappa shape index (κ3) is 3.29. The normalized spacial score (nSPS) is 24.5. The molecule has 0 radical (unpaired) electrons. The maximum absolute atomic E-state index is 13.4. The maximum Gasteiger partial charge on any atom is 0.259 e. The van der Waals surface area contributed by atoms with Crippen LogP contribution in [0, 0.1) is 11.7 Å². The quantitative estimate of drug-likeness (QED) is 0.606. The molecule has 0 aliphatic carbocycles. The number of carbonyl (C=O) groups excluding carboxylic acids is 2. The summed E-state index contributed by atoms with van der Waals surface area (Å²) in [5, 5.41) is 0. The molecule has 1 heterocycles. The van der Waals surface area contributed by atoms with E-state index in [0.717, 1.165) is 16.8 Å². The van der Waals surface area contributed by atoms with E-state index in [4.69, 9.17) is 4.74 Å². The predicted octanol–water partition coefficient (Wildman–Crippen LogP) is 3.45. The fourth-order valence-electron chi connectivity index (χ4n) is 3.61. The number of rotatable bonds is 5. The molecule has 0 bridgehead atoms. The molecule has 0 fully saturated rings. The van der Waals surface area contributed by atoms with Gasteiger partial charge in [-0.1, -0.05) is 32.1 Å². The van der Waals surface area contributed by atoms with Crippen molar-refractivity contribution in [1.82, 2.24) is 4.90 Å². The first-order chi connectivity index (χ1) is 11.8. The molecule has 0 saturated carbocycles. The molecule has 0 aromatic heterocycles. The highest BCUT2D eigenvalue weighted by atomic mass is 19.1. The molecule has 25 heavy (non-hydrogen) atoms. The van der Waals surface area contributed by atoms with Crippen LogP contribution in [0.2, 0.25) is 0 Å². The molecule has 0 spiro atoms. The minimum Gasteiger partial charge on any atom is -0.368 e. The smallest absolute Gasteiger partial charge is 0.259 e. The lowest BCUT2D eigenvalue weighted by molar-refractivity contribution is -0.154. The molecule has 2 atom stereocenters. The SMILES string of the molecule is COC1(C)C(=O)N(C)C(C(C)C)=C(C=CC=O)C1c1ccc(F)cc1. The summed E-state index contributed by atoms with van der Waals surface area (Å²) in [5.41, 5.74) is 1.25. The molecule has 0 N–H and O–H groups in total. The summed E-state index contributed by atoms with van der Waals surface area (Å²) in [6.07, 6.45) is 3.83. The lowest BCUT2D eigenvalue weighted by Crippen LogP contribution is -2.55. The third-order valence-corrected chi connectivity index (χ3v) is 4.78. The molecule has 1 amide bonds. The number of hydrogen-bond acceptors (Lipinski definition) is 3. The summed E-state index contributed by atoms with van der Waals surface area (Å²) in [4.78, 5) is 25.6. The fraction of sp³-hybridized carbons (Fsp3) is 0.400. The highest BCUT2D eigenvalue weighted by Gasteiger charge is 2.50. The van der Waals surface area contributed by atoms with Crippen LogP contribution in [0.5, 0.6) is 0 Å². The molecule has 1 aromatic carbocycles. The Hall–Kier alpha value is -2.27. The standard InChI is InChI=1S/C20H24FNO3/c1-13(2)18-16(7-6-12-23)17(14-8-10-15(21)11-9-14)20(3,25-5)19(24)22(18)4/h6-13,17H,1-5H3. The molecule has 2 rings (SSSR count). The molecule has 5 heteroatoms. The second-order valence-corrected chi connectivity index (χ2v) is 6.65. The summed E-state index contributed by atoms with van der Waals surface area (Å²) < 4.78 is 19.0. The van der Waals surface area contributed by atoms with Gasteiger partial charge in [0.15, 0.2) is 5.60 Å². The lowest BCUT2D eigenvalue weighted by Gasteiger charge is -2.46. The monoisotopic (exact) mass is 345 g/mol. The summed E-state index contributed by atoms with van der Waals surface area (Å²) in [6, 6.07) is 6.04. The number of ether oxygens (including phenoxy) is 1. The Kier molecular flexibility index (Phi) is 5.58. The van der Waals surface area contributed by atoms with Gasteiger partial charge in [0.05, 0.1) is 0 Å². The summed E-state index contributed by atoms with van der Waals surface area (Å²) in [6.45, 7) is 5.71. The van der Waals surface area contributed by atoms with Crippen molar-refractivity contribution in [3.05, 3.63) is 59.1 Å². The van der Waals surface area contributed by atoms with Crippen molar-refractivity contribution in [1.29, 1.82) is 0 Å². The average molecular weight is 345 g/mol. The van der Waals surface area contributed by atoms with Crippen molar-refractivity contribution >= 4 is 12.2 Å². The van der Waals surface area contributed by atoms with Crippen molar-refractivity contribution in [3.8, 4) is 0 Å². The number of halogens is 1. The number of amides is 1. The molecule has 1 aliphatic heterocycles. The van der Waals surface area contributed by atoms with E-state index in [1.807, 2.05) is 13.8 Å². The van der Waals surface area contributed by atoms with Crippen LogP contribution in [0.15, 0.2) is 47.7 Å². The zero-order valence-corrected chi connectivity index (χ0v) is 15.2. The Bertz CT molecular complexity index is 721. The van der Waals surface area contributed by atoms with Crippen LogP contribution in [0.4, 0.5) is 4.39 Å². The molecular formula is C20H24FNO3. The van der Waals surface area contributed by atoms with Gasteiger partial charge in [-0.15, -0.1) is 0 Å². The Labute approximate surface area is 148 Å². The Balaban J connectivity index is 2.81. The number of nitrogens with zero attached hydrogens (tertiary/aromatic N) is 1. The topological polar surface area (TPSA) is 46.6 Å². The van der Waals surface area contributed by atoms with E-state index < -0.39 is 11.5 Å². The number of aldehydes is 1. The zero-order valence-electron chi connectivity index (χ0n) is 15.2. The van der Waals surface area contributed by atoms with Crippen molar-refractivity contribution in [2.24, 2.45) is 5.92 Å². The Morgan fingerprint density at radius 2 is 1.88 bits per heavy atom. The van der Waals surface area contributed by atoms with E-state index >= 15 is 0 Å². The lowest BCUT2D eigenvalue weighted by atomic mass is 9.72. The minimum absolute atomic E-state index is 0.0598. The number of benzene rings is 1. The van der Waals surface area contributed by atoms with E-state index in [1.165, 1.54) is 25.3 Å². The van der Waals surface area contributed by atoms with Gasteiger partial charge >= 0.3 is 0 Å². The third-order valence-electron chi connectivity index (χ3n) is 4.78. The molecule has 1 aliphatic rings. The van der Waals surface area contributed by atoms with Crippen LogP contribution in [-0.2, 0) is 14.3 Å². The largest absolute Gasteiger partial charge is 0.368 e. The summed E-state index contributed by atoms with van der Waals surface area (Å²) in [7, 11) is 3.20. The average Bonchev–Trinajstić information content (AvgIpc) is 2.58. The number of allylic oxidation sites excluding steroid dienone is 3. The van der Waals surface area contributed by atoms with E-state index in [1.54, 1.807) is 37.1 Å². The number of hydrogen-bond donors (Lipinski definition) is 0. The van der Waals surface area contributed by atoms with Crippen molar-refractivity contribution in [3.63, 3.8) is 0 Å². The van der Waals surface area contributed by atoms with Gasteiger partial charge in [-0.25, -0.2) is 4.39 Å². The molecule has 4 nitrogen and oxygen atoms in total. The van der Waals surface area contributed by atoms with Gasteiger partial charge in [-0.05, 0) is 42.2 Å². The van der Waals surface area contributed by atoms with Gasteiger partial charge in [0, 0.05) is 25.8 Å². The first-order valence-electron chi connectivity index (χ1n) is 8.22. The first kappa shape index (κ1) is 19.1. The van der Waals surface area contributed by atoms with Crippen LogP contribution in [0.3, 0.4) is 0 Å². The van der Waals surface area contributed by atoms with Crippen LogP contribution < -0.4 is 0 Å². The van der Waals surface area contributed by atoms with Gasteiger partial charge in [-0.3, -0.25) is 9.59 Å². The van der Waals surface area contributed by atoms with Gasteiger partial charge in [0.2, 0.25) is 0 Å². The molecule has 134 valence electrons. The van der Waals surface area contributed by atoms with Crippen LogP contribution in [0.1, 0.15) is 32.3 Å². The second-order valence-electron chi connectivity index (χ2n) is 6.65. The highest BCUT2D eigenvalue weighted by molar-refractivity contribution is 5.90. The Morgan fingerprint density at radius 3 is 2.36 bits per heavy atom. The number of methoxy groups -OCH3 is 1. The van der Waals surface area contributed by atoms with E-state index in [-0.39, 0.29) is 17.6 Å². The first-order valence-corrected chi connectivity index (χ1v) is 8.22. The van der Waals surface area contributed by atoms with Gasteiger partial charge in [0.25, 0.3) is 5.91 Å². The second kappa shape index (κ2) is 7.31. The van der Waals surface area contributed by atoms with Crippen LogP contribution >= 0.6 is 0 Å². The summed E-state index contributed by atoms with van der Waals surface area (Å²) in [5.74, 6) is -0.906. The van der Waals surface area contributed by atoms with Crippen LogP contribution in [-0.4, -0.2) is 36.9 Å². The van der Waals surface area contributed by atoms with E-state index in [2.05, 4.69) is 0 Å². The number of likely N-dealkylation sites (N-methyl/N-ethyl adjacent to an activating group) is 1. The molecule has 0 saturated heterocycles. The number of carbonyl (C=O) groups is 2. The predicted molar refractivity (Wildman–Crippen MR) is 94.4 cm³/mol. The summed E-state index contributed by atoms with van der Waals surface area (Å²) >= 11 is 0. The van der Waals surface area contributed by atoms with Crippen LogP contribution in [0.25, 0.3) is 0 Å². The highest BCUT2D eigenvalue weighted by Crippen LogP contribution is 2.46. The fourth-order valence-corrected chi connectivity index (χ4v) is 3.61. The molecular weight excluding hydrogens is 321 g/mol. The molecule has 2 unspecified atom stereocenters. The van der Waals surface area contributed by atoms with Gasteiger partial charge in [0.1, 0.15) is 12.1 Å². The van der Waals surface area contributed by atoms with E-state index in [9.17, 15) is 14.0 Å². The van der Waals surface area contributed by atoms with E-state index in [0.29, 0.717) is 6.29 Å². The maximum atomic E-state index is 13.4. The minimum atomic E-state index is -1.16. The van der Waals surface area contributed by atoms with Crippen molar-refractivity contribution < 1.29 is 18.7 Å². The van der Waals surface area contributed by atoms with Crippen molar-refractivity contribution in [2.45, 2.75) is 32.3 Å². The van der Waals surface area contributed by atoms with Crippen molar-refractivity contribution in [2.75, 3.05) is 14.2 Å². The molecule has 1 aromatic rings. The van der Waals surface area contributed by atoms with Gasteiger partial charge in [-0.2, -0.15) is 0 Å².